The van der Waals surface area contributed by atoms with Crippen molar-refractivity contribution in [2.45, 2.75) is 25.7 Å². The number of carboxylic acid groups (broad SMARTS) is 1. The maximum atomic E-state index is 12.8. The number of aliphatic carboxylic acids is 1. The standard InChI is InChI=1S/C18H23N3O5/c22-17(15-3-1-2-4-16(15)18(23)24)20-11-9-19(10-12-20)13-5-7-14(8-6-13)21(25)26/h5-8,15-16H,1-4,9-12H2,(H,23,24)/t15-,16+/m1/s1. The van der Waals surface area contributed by atoms with Gasteiger partial charge >= 0.3 is 5.97 Å². The summed E-state index contributed by atoms with van der Waals surface area (Å²) in [5.41, 5.74) is 0.948. The Morgan fingerprint density at radius 1 is 1.00 bits per heavy atom. The Bertz CT molecular complexity index is 683. The lowest BCUT2D eigenvalue weighted by Crippen LogP contribution is -2.52. The second-order valence-electron chi connectivity index (χ2n) is 6.92. The van der Waals surface area contributed by atoms with E-state index in [-0.39, 0.29) is 11.6 Å². The summed E-state index contributed by atoms with van der Waals surface area (Å²) >= 11 is 0. The highest BCUT2D eigenvalue weighted by molar-refractivity contribution is 5.85. The molecule has 1 aliphatic heterocycles. The highest BCUT2D eigenvalue weighted by atomic mass is 16.6. The normalized spacial score (nSPS) is 23.5. The average Bonchev–Trinajstić information content (AvgIpc) is 2.67. The number of nitro groups is 1. The first-order valence-electron chi connectivity index (χ1n) is 8.98. The molecule has 0 bridgehead atoms. The van der Waals surface area contributed by atoms with Crippen LogP contribution in [0.15, 0.2) is 24.3 Å². The van der Waals surface area contributed by atoms with Gasteiger partial charge in [-0.3, -0.25) is 19.7 Å². The summed E-state index contributed by atoms with van der Waals surface area (Å²) in [4.78, 5) is 38.4. The molecule has 1 aromatic rings. The topological polar surface area (TPSA) is 104 Å². The number of amides is 1. The number of carbonyl (C=O) groups is 2. The Morgan fingerprint density at radius 3 is 2.12 bits per heavy atom. The van der Waals surface area contributed by atoms with E-state index in [1.54, 1.807) is 17.0 Å². The molecule has 1 heterocycles. The molecule has 3 rings (SSSR count). The Balaban J connectivity index is 1.59. The monoisotopic (exact) mass is 361 g/mol. The maximum Gasteiger partial charge on any atom is 0.307 e. The zero-order chi connectivity index (χ0) is 18.7. The van der Waals surface area contributed by atoms with Crippen molar-refractivity contribution in [2.75, 3.05) is 31.1 Å². The molecule has 0 aromatic heterocycles. The van der Waals surface area contributed by atoms with Crippen LogP contribution in [0.5, 0.6) is 0 Å². The number of rotatable bonds is 4. The molecule has 1 aliphatic carbocycles. The van der Waals surface area contributed by atoms with E-state index in [0.717, 1.165) is 18.5 Å². The van der Waals surface area contributed by atoms with Gasteiger partial charge in [0.05, 0.1) is 16.8 Å². The predicted molar refractivity (Wildman–Crippen MR) is 95.0 cm³/mol. The molecule has 1 amide bonds. The molecule has 0 unspecified atom stereocenters. The van der Waals surface area contributed by atoms with E-state index in [1.165, 1.54) is 12.1 Å². The first-order valence-corrected chi connectivity index (χ1v) is 8.98. The number of non-ortho nitro benzene ring substituents is 1. The van der Waals surface area contributed by atoms with Gasteiger partial charge in [0.1, 0.15) is 0 Å². The highest BCUT2D eigenvalue weighted by Gasteiger charge is 2.38. The van der Waals surface area contributed by atoms with Crippen LogP contribution in [-0.2, 0) is 9.59 Å². The molecule has 0 spiro atoms. The molecule has 1 saturated heterocycles. The van der Waals surface area contributed by atoms with Gasteiger partial charge in [-0.25, -0.2) is 0 Å². The van der Waals surface area contributed by atoms with Gasteiger partial charge in [-0.2, -0.15) is 0 Å². The van der Waals surface area contributed by atoms with Crippen molar-refractivity contribution in [3.63, 3.8) is 0 Å². The molecule has 26 heavy (non-hydrogen) atoms. The summed E-state index contributed by atoms with van der Waals surface area (Å²) in [5, 5.41) is 20.1. The van der Waals surface area contributed by atoms with Crippen molar-refractivity contribution < 1.29 is 19.6 Å². The van der Waals surface area contributed by atoms with Gasteiger partial charge in [-0.1, -0.05) is 12.8 Å². The molecule has 1 saturated carbocycles. The number of benzene rings is 1. The van der Waals surface area contributed by atoms with Crippen LogP contribution in [0, 0.1) is 22.0 Å². The SMILES string of the molecule is O=C(O)[C@H]1CCCC[C@H]1C(=O)N1CCN(c2ccc([N+](=O)[O-])cc2)CC1. The first-order chi connectivity index (χ1) is 12.5. The lowest BCUT2D eigenvalue weighted by molar-refractivity contribution is -0.384. The van der Waals surface area contributed by atoms with Crippen LogP contribution < -0.4 is 4.90 Å². The van der Waals surface area contributed by atoms with E-state index in [4.69, 9.17) is 0 Å². The number of hydrogen-bond acceptors (Lipinski definition) is 5. The third-order valence-electron chi connectivity index (χ3n) is 5.42. The quantitative estimate of drug-likeness (QED) is 0.651. The Kier molecular flexibility index (Phi) is 5.39. The number of piperazine rings is 1. The van der Waals surface area contributed by atoms with Crippen LogP contribution in [0.4, 0.5) is 11.4 Å². The van der Waals surface area contributed by atoms with E-state index in [0.29, 0.717) is 39.0 Å². The summed E-state index contributed by atoms with van der Waals surface area (Å²) in [7, 11) is 0. The average molecular weight is 361 g/mol. The van der Waals surface area contributed by atoms with Crippen molar-refractivity contribution in [3.8, 4) is 0 Å². The summed E-state index contributed by atoms with van der Waals surface area (Å²) < 4.78 is 0. The summed E-state index contributed by atoms with van der Waals surface area (Å²) in [6.45, 7) is 2.35. The van der Waals surface area contributed by atoms with Crippen molar-refractivity contribution >= 4 is 23.3 Å². The van der Waals surface area contributed by atoms with Crippen LogP contribution in [0.3, 0.4) is 0 Å². The van der Waals surface area contributed by atoms with E-state index in [9.17, 15) is 24.8 Å². The predicted octanol–water partition coefficient (Wildman–Crippen LogP) is 2.13. The molecule has 1 N–H and O–H groups in total. The van der Waals surface area contributed by atoms with Crippen molar-refractivity contribution in [1.82, 2.24) is 4.90 Å². The molecule has 8 nitrogen and oxygen atoms in total. The van der Waals surface area contributed by atoms with Crippen LogP contribution in [0.1, 0.15) is 25.7 Å². The van der Waals surface area contributed by atoms with Crippen LogP contribution in [0.2, 0.25) is 0 Å². The molecular formula is C18H23N3O5. The zero-order valence-corrected chi connectivity index (χ0v) is 14.5. The fourth-order valence-corrected chi connectivity index (χ4v) is 3.93. The fraction of sp³-hybridized carbons (Fsp3) is 0.556. The zero-order valence-electron chi connectivity index (χ0n) is 14.5. The molecule has 8 heteroatoms. The summed E-state index contributed by atoms with van der Waals surface area (Å²) in [5.74, 6) is -1.89. The van der Waals surface area contributed by atoms with E-state index < -0.39 is 22.7 Å². The Hall–Kier alpha value is -2.64. The molecule has 0 radical (unpaired) electrons. The van der Waals surface area contributed by atoms with Gasteiger partial charge in [-0.05, 0) is 25.0 Å². The van der Waals surface area contributed by atoms with Crippen molar-refractivity contribution in [2.24, 2.45) is 11.8 Å². The largest absolute Gasteiger partial charge is 0.481 e. The lowest BCUT2D eigenvalue weighted by atomic mass is 9.78. The number of carbonyl (C=O) groups excluding carboxylic acids is 1. The van der Waals surface area contributed by atoms with Crippen LogP contribution in [0.25, 0.3) is 0 Å². The highest BCUT2D eigenvalue weighted by Crippen LogP contribution is 2.32. The molecule has 1 aromatic carbocycles. The first kappa shape index (κ1) is 18.2. The number of nitrogens with zero attached hydrogens (tertiary/aromatic N) is 3. The number of anilines is 1. The van der Waals surface area contributed by atoms with E-state index >= 15 is 0 Å². The van der Waals surface area contributed by atoms with Crippen molar-refractivity contribution in [3.05, 3.63) is 34.4 Å². The molecule has 2 atom stereocenters. The van der Waals surface area contributed by atoms with E-state index in [2.05, 4.69) is 4.90 Å². The van der Waals surface area contributed by atoms with Gasteiger partial charge < -0.3 is 14.9 Å². The Labute approximate surface area is 151 Å². The molecule has 2 fully saturated rings. The minimum atomic E-state index is -0.868. The lowest BCUT2D eigenvalue weighted by Gasteiger charge is -2.39. The number of nitro benzene ring substituents is 1. The number of carboxylic acids is 1. The second-order valence-corrected chi connectivity index (χ2v) is 6.92. The van der Waals surface area contributed by atoms with Gasteiger partial charge in [0.25, 0.3) is 5.69 Å². The van der Waals surface area contributed by atoms with E-state index in [1.807, 2.05) is 0 Å². The third-order valence-corrected chi connectivity index (χ3v) is 5.42. The molecule has 2 aliphatic rings. The van der Waals surface area contributed by atoms with Crippen molar-refractivity contribution in [1.29, 1.82) is 0 Å². The minimum absolute atomic E-state index is 0.0413. The van der Waals surface area contributed by atoms with Gasteiger partial charge in [0.15, 0.2) is 0 Å². The Morgan fingerprint density at radius 2 is 1.58 bits per heavy atom. The fourth-order valence-electron chi connectivity index (χ4n) is 3.93. The maximum absolute atomic E-state index is 12.8. The van der Waals surface area contributed by atoms with Gasteiger partial charge in [-0.15, -0.1) is 0 Å². The van der Waals surface area contributed by atoms with Gasteiger partial charge in [0.2, 0.25) is 5.91 Å². The van der Waals surface area contributed by atoms with Crippen LogP contribution in [-0.4, -0.2) is 53.0 Å². The second kappa shape index (κ2) is 7.72. The summed E-state index contributed by atoms with van der Waals surface area (Å²) in [6, 6.07) is 6.40. The number of hydrogen-bond donors (Lipinski definition) is 1. The minimum Gasteiger partial charge on any atom is -0.481 e. The van der Waals surface area contributed by atoms with Crippen LogP contribution >= 0.6 is 0 Å². The molecule has 140 valence electrons. The summed E-state index contributed by atoms with van der Waals surface area (Å²) in [6.07, 6.45) is 3.00. The molecular weight excluding hydrogens is 338 g/mol. The smallest absolute Gasteiger partial charge is 0.307 e. The third kappa shape index (κ3) is 3.79. The van der Waals surface area contributed by atoms with Gasteiger partial charge in [0, 0.05) is 44.0 Å².